The van der Waals surface area contributed by atoms with Crippen molar-refractivity contribution in [3.63, 3.8) is 0 Å². The molecule has 0 aliphatic heterocycles. The molecule has 0 aliphatic rings. The van der Waals surface area contributed by atoms with Crippen molar-refractivity contribution in [3.8, 4) is 0 Å². The summed E-state index contributed by atoms with van der Waals surface area (Å²) in [4.78, 5) is 9.24. The van der Waals surface area contributed by atoms with Gasteiger partial charge in [-0.1, -0.05) is 0 Å². The van der Waals surface area contributed by atoms with Crippen LogP contribution in [0.25, 0.3) is 0 Å². The second-order valence-corrected chi connectivity index (χ2v) is 0.598. The zero-order valence-corrected chi connectivity index (χ0v) is 6.31. The molecule has 3 N–H and O–H groups in total. The summed E-state index contributed by atoms with van der Waals surface area (Å²) in [5.74, 6) is -0.968. The third-order valence-corrected chi connectivity index (χ3v) is 0.175. The van der Waals surface area contributed by atoms with E-state index in [1.807, 2.05) is 0 Å². The summed E-state index contributed by atoms with van der Waals surface area (Å²) in [7, 11) is 0. The van der Waals surface area contributed by atoms with Crippen molar-refractivity contribution in [1.82, 2.24) is 0 Å². The monoisotopic (exact) mass is 183 g/mol. The number of carbonyl (C=O) groups is 1. The molecular formula is C2H8Cl3NO2. The molecule has 0 fully saturated rings. The van der Waals surface area contributed by atoms with E-state index in [4.69, 9.17) is 5.11 Å². The fourth-order valence-corrected chi connectivity index (χ4v) is 0. The summed E-state index contributed by atoms with van der Waals surface area (Å²) in [5, 5.41) is 7.60. The Kier molecular flexibility index (Phi) is 46.9. The van der Waals surface area contributed by atoms with Gasteiger partial charge in [0.25, 0.3) is 0 Å². The number of carboxylic acids is 1. The van der Waals surface area contributed by atoms with E-state index < -0.39 is 5.97 Å². The second kappa shape index (κ2) is 15.7. The minimum absolute atomic E-state index is 0. The molecule has 0 atom stereocenters. The zero-order valence-electron chi connectivity index (χ0n) is 3.86. The minimum Gasteiger partial charge on any atom is -0.480 e. The molecule has 0 aromatic rings. The first kappa shape index (κ1) is 23.9. The molecule has 0 spiro atoms. The van der Waals surface area contributed by atoms with Crippen LogP contribution >= 0.6 is 37.2 Å². The van der Waals surface area contributed by atoms with Crippen LogP contribution in [0, 0.1) is 0 Å². The van der Waals surface area contributed by atoms with Crippen LogP contribution in [0.1, 0.15) is 0 Å². The van der Waals surface area contributed by atoms with E-state index >= 15 is 0 Å². The van der Waals surface area contributed by atoms with Gasteiger partial charge in [0.2, 0.25) is 0 Å². The number of halogens is 3. The molecule has 0 heterocycles. The van der Waals surface area contributed by atoms with E-state index in [1.54, 1.807) is 0 Å². The number of hydrogen-bond acceptors (Lipinski definition) is 2. The van der Waals surface area contributed by atoms with Crippen LogP contribution in [0.4, 0.5) is 0 Å². The van der Waals surface area contributed by atoms with Crippen molar-refractivity contribution in [3.05, 3.63) is 0 Å². The maximum absolute atomic E-state index is 9.24. The predicted molar refractivity (Wildman–Crippen MR) is 38.4 cm³/mol. The third kappa shape index (κ3) is 33.5. The van der Waals surface area contributed by atoms with Crippen LogP contribution in [0.3, 0.4) is 0 Å². The number of rotatable bonds is 1. The molecule has 0 unspecified atom stereocenters. The van der Waals surface area contributed by atoms with E-state index in [0.29, 0.717) is 0 Å². The lowest BCUT2D eigenvalue weighted by molar-refractivity contribution is -0.135. The first-order valence-corrected chi connectivity index (χ1v) is 1.19. The van der Waals surface area contributed by atoms with Crippen LogP contribution in [0.2, 0.25) is 0 Å². The molecule has 0 aromatic heterocycles. The molecule has 8 heavy (non-hydrogen) atoms. The topological polar surface area (TPSA) is 63.3 Å². The van der Waals surface area contributed by atoms with Gasteiger partial charge in [-0.2, -0.15) is 0 Å². The molecule has 0 rings (SSSR count). The molecule has 0 aliphatic carbocycles. The van der Waals surface area contributed by atoms with E-state index in [-0.39, 0.29) is 43.8 Å². The standard InChI is InChI=1S/C2H5NO2.3ClH/c3-1-2(4)5;;;/h1,3H2,(H,4,5);3*1H. The molecule has 0 bridgehead atoms. The van der Waals surface area contributed by atoms with Crippen LogP contribution in [-0.4, -0.2) is 17.6 Å². The van der Waals surface area contributed by atoms with E-state index in [1.165, 1.54) is 0 Å². The van der Waals surface area contributed by atoms with Crippen molar-refractivity contribution in [2.24, 2.45) is 5.73 Å². The fourth-order valence-electron chi connectivity index (χ4n) is 0. The SMILES string of the molecule is Cl.Cl.Cl.NCC(=O)O. The minimum atomic E-state index is -0.968. The Hall–Kier alpha value is 0.300. The van der Waals surface area contributed by atoms with Gasteiger partial charge in [-0.05, 0) is 0 Å². The molecular weight excluding hydrogens is 176 g/mol. The summed E-state index contributed by atoms with van der Waals surface area (Å²) >= 11 is 0. The van der Waals surface area contributed by atoms with Gasteiger partial charge in [-0.25, -0.2) is 0 Å². The Balaban J connectivity index is -0.0000000267. The number of aliphatic carboxylic acids is 1. The first-order valence-electron chi connectivity index (χ1n) is 1.19. The van der Waals surface area contributed by atoms with E-state index in [9.17, 15) is 4.79 Å². The molecule has 0 saturated carbocycles. The average Bonchev–Trinajstić information content (AvgIpc) is 1.38. The van der Waals surface area contributed by atoms with Crippen molar-refractivity contribution >= 4 is 43.2 Å². The lowest BCUT2D eigenvalue weighted by Gasteiger charge is -1.73. The van der Waals surface area contributed by atoms with Crippen LogP contribution in [0.15, 0.2) is 0 Å². The maximum Gasteiger partial charge on any atom is 0.317 e. The Morgan fingerprint density at radius 2 is 1.50 bits per heavy atom. The second-order valence-electron chi connectivity index (χ2n) is 0.598. The summed E-state index contributed by atoms with van der Waals surface area (Å²) in [6.07, 6.45) is 0. The molecule has 0 saturated heterocycles. The van der Waals surface area contributed by atoms with Crippen molar-refractivity contribution < 1.29 is 9.90 Å². The first-order chi connectivity index (χ1) is 2.27. The van der Waals surface area contributed by atoms with Gasteiger partial charge in [0.05, 0.1) is 6.54 Å². The quantitative estimate of drug-likeness (QED) is 0.616. The number of nitrogens with two attached hydrogens (primary N) is 1. The highest BCUT2D eigenvalue weighted by molar-refractivity contribution is 5.86. The summed E-state index contributed by atoms with van der Waals surface area (Å²) in [6, 6.07) is 0. The van der Waals surface area contributed by atoms with Crippen molar-refractivity contribution in [2.45, 2.75) is 0 Å². The molecule has 54 valence electrons. The molecule has 6 heteroatoms. The normalized spacial score (nSPS) is 4.62. The number of hydrogen-bond donors (Lipinski definition) is 2. The predicted octanol–water partition coefficient (Wildman–Crippen LogP) is 0.295. The van der Waals surface area contributed by atoms with E-state index in [2.05, 4.69) is 5.73 Å². The van der Waals surface area contributed by atoms with Crippen LogP contribution in [-0.2, 0) is 4.79 Å². The summed E-state index contributed by atoms with van der Waals surface area (Å²) < 4.78 is 0. The Bertz CT molecular complexity index is 50.5. The Morgan fingerprint density at radius 1 is 1.38 bits per heavy atom. The van der Waals surface area contributed by atoms with Gasteiger partial charge in [0.15, 0.2) is 0 Å². The van der Waals surface area contributed by atoms with Crippen LogP contribution < -0.4 is 5.73 Å². The highest BCUT2D eigenvalue weighted by Gasteiger charge is 1.81. The molecule has 0 aromatic carbocycles. The zero-order chi connectivity index (χ0) is 4.28. The highest BCUT2D eigenvalue weighted by Crippen LogP contribution is 1.43. The summed E-state index contributed by atoms with van der Waals surface area (Å²) in [5.41, 5.74) is 4.57. The lowest BCUT2D eigenvalue weighted by Crippen LogP contribution is -2.10. The highest BCUT2D eigenvalue weighted by atomic mass is 35.5. The smallest absolute Gasteiger partial charge is 0.317 e. The fraction of sp³-hybridized carbons (Fsp3) is 0.500. The van der Waals surface area contributed by atoms with E-state index in [0.717, 1.165) is 0 Å². The van der Waals surface area contributed by atoms with Crippen molar-refractivity contribution in [2.75, 3.05) is 6.54 Å². The molecule has 0 radical (unpaired) electrons. The van der Waals surface area contributed by atoms with Gasteiger partial charge in [0, 0.05) is 0 Å². The van der Waals surface area contributed by atoms with Gasteiger partial charge in [-0.15, -0.1) is 37.2 Å². The summed E-state index contributed by atoms with van der Waals surface area (Å²) in [6.45, 7) is -0.278. The Morgan fingerprint density at radius 3 is 1.50 bits per heavy atom. The third-order valence-electron chi connectivity index (χ3n) is 0.175. The molecule has 3 nitrogen and oxygen atoms in total. The molecule has 0 amide bonds. The Labute approximate surface area is 65.9 Å². The van der Waals surface area contributed by atoms with Gasteiger partial charge >= 0.3 is 5.97 Å². The number of carboxylic acid groups (broad SMARTS) is 1. The van der Waals surface area contributed by atoms with Crippen LogP contribution in [0.5, 0.6) is 0 Å². The van der Waals surface area contributed by atoms with Gasteiger partial charge < -0.3 is 10.8 Å². The lowest BCUT2D eigenvalue weighted by atomic mass is 10.7. The van der Waals surface area contributed by atoms with Gasteiger partial charge in [-0.3, -0.25) is 4.79 Å². The average molecular weight is 184 g/mol. The largest absolute Gasteiger partial charge is 0.480 e. The van der Waals surface area contributed by atoms with Crippen molar-refractivity contribution in [1.29, 1.82) is 0 Å². The van der Waals surface area contributed by atoms with Gasteiger partial charge in [0.1, 0.15) is 0 Å². The maximum atomic E-state index is 9.24.